The van der Waals surface area contributed by atoms with Crippen molar-refractivity contribution < 1.29 is 67.9 Å². The Kier molecular flexibility index (Phi) is 24.6. The standard InChI is InChI=1S/C77H99F5N10O10S4/c1-49(51-18-20-52(21-19-51)67-50(2)83-48-104-67)84-70(97)63-38-58(93)43-92(63)71(98)68(73(3,4)5)87-66(95)17-13-9-12-16-65(94)86-55-29-32-89(42-55)33-30-56(44-103-59-14-10-8-11-15-59)85-62-27-26-60(39-64(62)105(99,100)77(80,81)82)106(101,102)88-69(96)53-22-24-57(25-23-53)91-36-34-90(35-37-91)41-54-28-31-74(6,7)40-61(54)75-45-76(46-75,47-75)72(78)79/h8,10-11,14-15,18-27,39,48-49,55-56,58,63,68,72,85,93H,9,12-13,16-17,28-38,40-47H2,1-7H3,(H,84,97)(H,86,94)(H,87,95)(H,88,96)/t49-,55?,56?,58+,63-,68?,75?,76?/m0/s1. The molecule has 7 aliphatic rings. The molecule has 4 heterocycles. The molecule has 4 aliphatic carbocycles. The Morgan fingerprint density at radius 2 is 1.49 bits per heavy atom. The van der Waals surface area contributed by atoms with Gasteiger partial charge in [0.05, 0.1) is 38.8 Å². The summed E-state index contributed by atoms with van der Waals surface area (Å²) in [6.45, 7) is 18.7. The van der Waals surface area contributed by atoms with Crippen molar-refractivity contribution in [2.24, 2.45) is 21.7 Å². The molecule has 3 unspecified atom stereocenters. The molecule has 3 aliphatic heterocycles. The Morgan fingerprint density at radius 3 is 2.13 bits per heavy atom. The molecule has 5 amide bonds. The number of aliphatic hydroxyl groups is 1. The monoisotopic (exact) mass is 1550 g/mol. The van der Waals surface area contributed by atoms with E-state index < -0.39 is 106 Å². The molecule has 0 radical (unpaired) electrons. The molecular formula is C77H99F5N10O10S4. The molecular weight excluding hydrogens is 1450 g/mol. The topological polar surface area (TPSA) is 260 Å². The second kappa shape index (κ2) is 32.7. The number of aliphatic hydroxyl groups excluding tert-OH is 1. The summed E-state index contributed by atoms with van der Waals surface area (Å²) in [5, 5.41) is 22.8. The minimum absolute atomic E-state index is 0.0420. The van der Waals surface area contributed by atoms with Crippen LogP contribution in [0.4, 0.5) is 33.3 Å². The Balaban J connectivity index is 0.640. The lowest BCUT2D eigenvalue weighted by molar-refractivity contribution is -0.250. The molecule has 0 spiro atoms. The third-order valence-corrected chi connectivity index (χ3v) is 27.1. The van der Waals surface area contributed by atoms with Crippen LogP contribution in [-0.4, -0.2) is 178 Å². The molecule has 106 heavy (non-hydrogen) atoms. The van der Waals surface area contributed by atoms with Gasteiger partial charge in [-0.3, -0.25) is 28.9 Å². The number of amides is 5. The van der Waals surface area contributed by atoms with Crippen LogP contribution in [0.5, 0.6) is 0 Å². The molecule has 6 fully saturated rings. The Labute approximate surface area is 627 Å². The number of piperazine rings is 1. The number of carbonyl (C=O) groups is 5. The van der Waals surface area contributed by atoms with Gasteiger partial charge in [0.25, 0.3) is 25.8 Å². The van der Waals surface area contributed by atoms with Gasteiger partial charge < -0.3 is 41.1 Å². The number of halogens is 5. The number of aryl methyl sites for hydroxylation is 1. The SMILES string of the molecule is Cc1ncsc1-c1ccc([C@H](C)NC(=O)[C@@H]2C[C@@H](O)CN2C(=O)C(NC(=O)CCCCCC(=O)NC2CCN(CCC(CSc3ccccc3)Nc3ccc(S(=O)(=O)NC(=O)c4ccc(N5CCN(CC6=C(C78CC(C(F)F)(C7)C8)CC(C)(C)CC6)CC5)cc4)cc3S(=O)(=O)C(F)(F)F)C2)C(C)(C)C)cc1. The number of sulfonamides is 1. The van der Waals surface area contributed by atoms with Gasteiger partial charge in [-0.1, -0.05) is 94.7 Å². The minimum atomic E-state index is -6.20. The van der Waals surface area contributed by atoms with E-state index in [0.29, 0.717) is 83.7 Å². The molecule has 3 saturated heterocycles. The van der Waals surface area contributed by atoms with Crippen molar-refractivity contribution in [3.8, 4) is 10.4 Å². The predicted octanol–water partition coefficient (Wildman–Crippen LogP) is 12.1. The Morgan fingerprint density at radius 1 is 0.811 bits per heavy atom. The smallest absolute Gasteiger partial charge is 0.391 e. The van der Waals surface area contributed by atoms with Crippen LogP contribution in [-0.2, 0) is 39.0 Å². The molecule has 4 aromatic carbocycles. The van der Waals surface area contributed by atoms with Crippen molar-refractivity contribution in [1.29, 1.82) is 0 Å². The maximum absolute atomic E-state index is 14.6. The maximum Gasteiger partial charge on any atom is 0.501 e. The number of unbranched alkanes of at least 4 members (excludes halogenated alkanes) is 2. The normalized spacial score (nSPS) is 23.0. The highest BCUT2D eigenvalue weighted by atomic mass is 32.2. The highest BCUT2D eigenvalue weighted by molar-refractivity contribution is 7.99. The number of anilines is 2. The number of carbonyl (C=O) groups excluding carboxylic acids is 5. The van der Waals surface area contributed by atoms with Gasteiger partial charge in [-0.25, -0.2) is 35.3 Å². The first-order valence-corrected chi connectivity index (χ1v) is 41.5. The van der Waals surface area contributed by atoms with E-state index in [-0.39, 0.29) is 72.2 Å². The van der Waals surface area contributed by atoms with Crippen LogP contribution < -0.4 is 30.9 Å². The first kappa shape index (κ1) is 80.0. The van der Waals surface area contributed by atoms with E-state index in [1.165, 1.54) is 39.9 Å². The average molecular weight is 1550 g/mol. The third-order valence-electron chi connectivity index (χ3n) is 22.1. The summed E-state index contributed by atoms with van der Waals surface area (Å²) >= 11 is 2.92. The summed E-state index contributed by atoms with van der Waals surface area (Å²) in [7, 11) is -11.2. The average Bonchev–Trinajstić information content (AvgIpc) is 0.731. The number of rotatable bonds is 30. The number of nitrogens with zero attached hydrogens (tertiary/aromatic N) is 5. The second-order valence-corrected chi connectivity index (χ2v) is 37.3. The molecule has 6 atom stereocenters. The molecule has 3 saturated carbocycles. The van der Waals surface area contributed by atoms with E-state index in [9.17, 15) is 67.9 Å². The molecule has 6 N–H and O–H groups in total. The van der Waals surface area contributed by atoms with Gasteiger partial charge in [0.1, 0.15) is 17.0 Å². The maximum atomic E-state index is 14.6. The number of allylic oxidation sites excluding steroid dienone is 1. The van der Waals surface area contributed by atoms with Gasteiger partial charge in [0.15, 0.2) is 0 Å². The van der Waals surface area contributed by atoms with Gasteiger partial charge in [-0.05, 0) is 160 Å². The number of β-amino-alcohol motifs (C(OH)–C–C–N with tert-alkyl or cyclic N) is 1. The molecule has 29 heteroatoms. The number of hydrogen-bond acceptors (Lipinski definition) is 17. The molecule has 576 valence electrons. The van der Waals surface area contributed by atoms with Gasteiger partial charge in [-0.2, -0.15) is 13.2 Å². The second-order valence-electron chi connectivity index (χ2n) is 31.8. The summed E-state index contributed by atoms with van der Waals surface area (Å²) in [5.41, 5.74) is 0.253. The van der Waals surface area contributed by atoms with Crippen LogP contribution in [0.3, 0.4) is 0 Å². The lowest BCUT2D eigenvalue weighted by Crippen LogP contribution is -2.66. The van der Waals surface area contributed by atoms with E-state index in [4.69, 9.17) is 0 Å². The zero-order chi connectivity index (χ0) is 76.3. The molecule has 1 aromatic heterocycles. The van der Waals surface area contributed by atoms with Crippen LogP contribution in [0.15, 0.2) is 128 Å². The largest absolute Gasteiger partial charge is 0.501 e. The summed E-state index contributed by atoms with van der Waals surface area (Å²) < 4.78 is 128. The van der Waals surface area contributed by atoms with E-state index in [1.807, 2.05) is 93.9 Å². The van der Waals surface area contributed by atoms with Gasteiger partial charge in [-0.15, -0.1) is 23.1 Å². The number of aromatic nitrogens is 1. The van der Waals surface area contributed by atoms with Crippen LogP contribution >= 0.6 is 23.1 Å². The van der Waals surface area contributed by atoms with Crippen molar-refractivity contribution >= 4 is 83.9 Å². The lowest BCUT2D eigenvalue weighted by Gasteiger charge is -2.72. The van der Waals surface area contributed by atoms with Gasteiger partial charge >= 0.3 is 5.51 Å². The fourth-order valence-corrected chi connectivity index (χ4v) is 19.9. The summed E-state index contributed by atoms with van der Waals surface area (Å²) in [4.78, 5) is 80.4. The van der Waals surface area contributed by atoms with Crippen molar-refractivity contribution in [3.63, 3.8) is 0 Å². The van der Waals surface area contributed by atoms with Gasteiger partial charge in [0, 0.05) is 118 Å². The molecule has 12 rings (SSSR count). The number of nitrogens with one attached hydrogen (secondary N) is 5. The van der Waals surface area contributed by atoms with Crippen LogP contribution in [0, 0.1) is 28.6 Å². The first-order chi connectivity index (χ1) is 50.0. The van der Waals surface area contributed by atoms with Gasteiger partial charge in [0.2, 0.25) is 30.1 Å². The van der Waals surface area contributed by atoms with Crippen molar-refractivity contribution in [3.05, 3.63) is 131 Å². The molecule has 5 aromatic rings. The number of alkyl halides is 5. The van der Waals surface area contributed by atoms with Crippen LogP contribution in [0.1, 0.15) is 159 Å². The van der Waals surface area contributed by atoms with Crippen molar-refractivity contribution in [2.75, 3.05) is 74.9 Å². The van der Waals surface area contributed by atoms with Crippen LogP contribution in [0.25, 0.3) is 10.4 Å². The summed E-state index contributed by atoms with van der Waals surface area (Å²) in [6.07, 6.45) is 4.07. The number of sulfone groups is 1. The Bertz CT molecular complexity index is 4240. The number of likely N-dealkylation sites (tertiary alicyclic amines) is 2. The highest BCUT2D eigenvalue weighted by Gasteiger charge is 2.73. The highest BCUT2D eigenvalue weighted by Crippen LogP contribution is 2.79. The van der Waals surface area contributed by atoms with Crippen molar-refractivity contribution in [2.45, 2.75) is 201 Å². The van der Waals surface area contributed by atoms with Crippen LogP contribution in [0.2, 0.25) is 0 Å². The predicted molar refractivity (Wildman–Crippen MR) is 400 cm³/mol. The fourth-order valence-electron chi connectivity index (χ4n) is 16.0. The van der Waals surface area contributed by atoms with E-state index in [1.54, 1.807) is 29.0 Å². The molecule has 2 bridgehead atoms. The Hall–Kier alpha value is -7.02. The van der Waals surface area contributed by atoms with Crippen molar-refractivity contribution in [1.82, 2.24) is 40.4 Å². The number of benzene rings is 4. The summed E-state index contributed by atoms with van der Waals surface area (Å²) in [5.74, 6) is -2.29. The number of thiazole rings is 1. The zero-order valence-electron chi connectivity index (χ0n) is 61.2. The van der Waals surface area contributed by atoms with E-state index >= 15 is 0 Å². The fraction of sp³-hybridized carbons (Fsp3) is 0.558. The third kappa shape index (κ3) is 18.8. The lowest BCUT2D eigenvalue weighted by atomic mass is 9.32. The summed E-state index contributed by atoms with van der Waals surface area (Å²) in [6, 6.07) is 22.3. The number of thioether (sulfide) groups is 1. The zero-order valence-corrected chi connectivity index (χ0v) is 64.5. The van der Waals surface area contributed by atoms with E-state index in [0.717, 1.165) is 83.3 Å². The minimum Gasteiger partial charge on any atom is -0.391 e. The molecule has 20 nitrogen and oxygen atoms in total. The van der Waals surface area contributed by atoms with E-state index in [2.05, 4.69) is 54.8 Å². The first-order valence-electron chi connectivity index (χ1n) is 36.7. The number of hydrogen-bond donors (Lipinski definition) is 6. The quantitative estimate of drug-likeness (QED) is 0.0108.